The molecule has 0 aliphatic rings. The average molecular weight is 270 g/mol. The number of carbonyl (C=O) groups excluding carboxylic acids is 1. The predicted octanol–water partition coefficient (Wildman–Crippen LogP) is 2.88. The lowest BCUT2D eigenvalue weighted by atomic mass is 10.2. The molecule has 1 amide bonds. The number of amides is 1. The van der Waals surface area contributed by atoms with E-state index in [0.717, 1.165) is 18.7 Å². The number of carbonyl (C=O) groups is 1. The number of hydrogen-bond acceptors (Lipinski definition) is 4. The van der Waals surface area contributed by atoms with Gasteiger partial charge >= 0.3 is 6.09 Å². The Bertz CT molecular complexity index is 383. The summed E-state index contributed by atoms with van der Waals surface area (Å²) in [6.07, 6.45) is -0.372. The lowest BCUT2D eigenvalue weighted by molar-refractivity contribution is 0.0523. The van der Waals surface area contributed by atoms with Crippen molar-refractivity contribution in [1.29, 1.82) is 0 Å². The van der Waals surface area contributed by atoms with Crippen molar-refractivity contribution in [3.8, 4) is 0 Å². The van der Waals surface area contributed by atoms with Gasteiger partial charge in [0.1, 0.15) is 5.60 Å². The van der Waals surface area contributed by atoms with Gasteiger partial charge in [-0.1, -0.05) is 6.92 Å². The van der Waals surface area contributed by atoms with E-state index >= 15 is 0 Å². The highest BCUT2D eigenvalue weighted by molar-refractivity contribution is 7.10. The molecule has 0 atom stereocenters. The van der Waals surface area contributed by atoms with E-state index in [1.807, 2.05) is 32.2 Å². The number of hydrogen-bond donors (Lipinski definition) is 2. The van der Waals surface area contributed by atoms with Crippen LogP contribution in [0.3, 0.4) is 0 Å². The van der Waals surface area contributed by atoms with Crippen molar-refractivity contribution in [3.63, 3.8) is 0 Å². The molecule has 0 aromatic carbocycles. The first kappa shape index (κ1) is 15.0. The minimum atomic E-state index is -0.453. The van der Waals surface area contributed by atoms with Gasteiger partial charge in [0.25, 0.3) is 0 Å². The van der Waals surface area contributed by atoms with Gasteiger partial charge in [-0.3, -0.25) is 0 Å². The molecule has 18 heavy (non-hydrogen) atoms. The molecule has 102 valence electrons. The van der Waals surface area contributed by atoms with Crippen LogP contribution in [0.2, 0.25) is 0 Å². The first-order valence-electron chi connectivity index (χ1n) is 6.15. The Hall–Kier alpha value is -1.07. The van der Waals surface area contributed by atoms with Crippen molar-refractivity contribution < 1.29 is 9.53 Å². The van der Waals surface area contributed by atoms with Gasteiger partial charge in [0, 0.05) is 18.0 Å². The Balaban J connectivity index is 2.43. The maximum absolute atomic E-state index is 11.5. The Kier molecular flexibility index (Phi) is 5.62. The van der Waals surface area contributed by atoms with Crippen molar-refractivity contribution >= 4 is 17.4 Å². The van der Waals surface area contributed by atoms with Crippen LogP contribution in [0.4, 0.5) is 4.79 Å². The highest BCUT2D eigenvalue weighted by atomic mass is 32.1. The summed E-state index contributed by atoms with van der Waals surface area (Å²) in [6.45, 7) is 9.94. The minimum Gasteiger partial charge on any atom is -0.444 e. The summed E-state index contributed by atoms with van der Waals surface area (Å²) in [7, 11) is 0. The lowest BCUT2D eigenvalue weighted by Crippen LogP contribution is -2.32. The van der Waals surface area contributed by atoms with E-state index in [1.165, 1.54) is 4.88 Å². The Morgan fingerprint density at radius 2 is 2.11 bits per heavy atom. The fraction of sp³-hybridized carbons (Fsp3) is 0.615. The maximum atomic E-state index is 11.5. The Labute approximate surface area is 113 Å². The maximum Gasteiger partial charge on any atom is 0.407 e. The lowest BCUT2D eigenvalue weighted by Gasteiger charge is -2.19. The van der Waals surface area contributed by atoms with Gasteiger partial charge < -0.3 is 15.4 Å². The summed E-state index contributed by atoms with van der Waals surface area (Å²) < 4.78 is 5.19. The van der Waals surface area contributed by atoms with E-state index in [9.17, 15) is 4.79 Å². The molecule has 0 aliphatic heterocycles. The Morgan fingerprint density at radius 1 is 1.39 bits per heavy atom. The fourth-order valence-corrected chi connectivity index (χ4v) is 2.27. The number of alkyl carbamates (subject to hydrolysis) is 1. The van der Waals surface area contributed by atoms with Crippen molar-refractivity contribution in [2.45, 2.75) is 46.4 Å². The van der Waals surface area contributed by atoms with Crippen LogP contribution in [0.5, 0.6) is 0 Å². The third-order valence-corrected chi connectivity index (χ3v) is 3.16. The second-order valence-electron chi connectivity index (χ2n) is 5.00. The molecule has 1 aromatic rings. The van der Waals surface area contributed by atoms with Gasteiger partial charge in [-0.25, -0.2) is 4.79 Å². The Morgan fingerprint density at radius 3 is 2.72 bits per heavy atom. The van der Waals surface area contributed by atoms with E-state index in [1.54, 1.807) is 11.3 Å². The summed E-state index contributed by atoms with van der Waals surface area (Å²) >= 11 is 1.70. The second-order valence-corrected chi connectivity index (χ2v) is 6.01. The zero-order valence-corrected chi connectivity index (χ0v) is 12.3. The molecule has 1 aromatic heterocycles. The van der Waals surface area contributed by atoms with Crippen LogP contribution in [0.25, 0.3) is 0 Å². The zero-order chi connectivity index (χ0) is 13.6. The number of rotatable bonds is 5. The van der Waals surface area contributed by atoms with Crippen molar-refractivity contribution in [1.82, 2.24) is 10.6 Å². The van der Waals surface area contributed by atoms with E-state index < -0.39 is 5.60 Å². The van der Waals surface area contributed by atoms with Crippen LogP contribution in [-0.2, 0) is 17.8 Å². The molecule has 0 bridgehead atoms. The molecule has 1 rings (SSSR count). The van der Waals surface area contributed by atoms with E-state index in [-0.39, 0.29) is 6.09 Å². The monoisotopic (exact) mass is 270 g/mol. The molecular weight excluding hydrogens is 248 g/mol. The molecule has 0 saturated carbocycles. The molecule has 0 radical (unpaired) electrons. The van der Waals surface area contributed by atoms with Gasteiger partial charge in [-0.2, -0.15) is 0 Å². The molecular formula is C13H22N2O2S. The zero-order valence-electron chi connectivity index (χ0n) is 11.5. The van der Waals surface area contributed by atoms with Crippen LogP contribution in [0, 0.1) is 0 Å². The van der Waals surface area contributed by atoms with E-state index in [0.29, 0.717) is 6.54 Å². The number of nitrogens with one attached hydrogen (secondary N) is 2. The standard InChI is InChI=1S/C13H22N2O2S/c1-5-14-9-11-10(6-7-18-11)8-15-12(16)17-13(2,3)4/h6-7,14H,5,8-9H2,1-4H3,(H,15,16). The van der Waals surface area contributed by atoms with Gasteiger partial charge in [-0.05, 0) is 44.3 Å². The fourth-order valence-electron chi connectivity index (χ4n) is 1.40. The molecule has 5 heteroatoms. The summed E-state index contributed by atoms with van der Waals surface area (Å²) in [5.41, 5.74) is 0.692. The topological polar surface area (TPSA) is 50.4 Å². The highest BCUT2D eigenvalue weighted by Crippen LogP contribution is 2.16. The number of thiophene rings is 1. The molecule has 4 nitrogen and oxygen atoms in total. The molecule has 0 spiro atoms. The largest absolute Gasteiger partial charge is 0.444 e. The molecule has 1 heterocycles. The third-order valence-electron chi connectivity index (χ3n) is 2.20. The van der Waals surface area contributed by atoms with Gasteiger partial charge in [0.15, 0.2) is 0 Å². The van der Waals surface area contributed by atoms with Crippen LogP contribution in [0.1, 0.15) is 38.1 Å². The van der Waals surface area contributed by atoms with Gasteiger partial charge in [0.2, 0.25) is 0 Å². The first-order chi connectivity index (χ1) is 8.42. The molecule has 0 unspecified atom stereocenters. The SMILES string of the molecule is CCNCc1sccc1CNC(=O)OC(C)(C)C. The van der Waals surface area contributed by atoms with Crippen LogP contribution in [0.15, 0.2) is 11.4 Å². The second kappa shape index (κ2) is 6.75. The van der Waals surface area contributed by atoms with Crippen molar-refractivity contribution in [2.24, 2.45) is 0 Å². The first-order valence-corrected chi connectivity index (χ1v) is 7.03. The highest BCUT2D eigenvalue weighted by Gasteiger charge is 2.16. The van der Waals surface area contributed by atoms with Crippen LogP contribution < -0.4 is 10.6 Å². The molecule has 2 N–H and O–H groups in total. The molecule has 0 aliphatic carbocycles. The minimum absolute atomic E-state index is 0.372. The summed E-state index contributed by atoms with van der Waals surface area (Å²) in [5, 5.41) is 8.10. The third kappa shape index (κ3) is 5.51. The smallest absolute Gasteiger partial charge is 0.407 e. The average Bonchev–Trinajstić information content (AvgIpc) is 2.68. The summed E-state index contributed by atoms with van der Waals surface area (Å²) in [4.78, 5) is 12.8. The van der Waals surface area contributed by atoms with Gasteiger partial charge in [0.05, 0.1) is 0 Å². The molecule has 0 fully saturated rings. The normalized spacial score (nSPS) is 11.3. The van der Waals surface area contributed by atoms with E-state index in [2.05, 4.69) is 17.6 Å². The summed E-state index contributed by atoms with van der Waals surface area (Å²) in [6, 6.07) is 2.04. The van der Waals surface area contributed by atoms with Crippen molar-refractivity contribution in [2.75, 3.05) is 6.54 Å². The van der Waals surface area contributed by atoms with Gasteiger partial charge in [-0.15, -0.1) is 11.3 Å². The quantitative estimate of drug-likeness (QED) is 0.865. The van der Waals surface area contributed by atoms with Crippen LogP contribution in [-0.4, -0.2) is 18.2 Å². The predicted molar refractivity (Wildman–Crippen MR) is 74.8 cm³/mol. The molecule has 0 saturated heterocycles. The summed E-state index contributed by atoms with van der Waals surface area (Å²) in [5.74, 6) is 0. The van der Waals surface area contributed by atoms with Crippen LogP contribution >= 0.6 is 11.3 Å². The van der Waals surface area contributed by atoms with E-state index in [4.69, 9.17) is 4.74 Å². The number of ether oxygens (including phenoxy) is 1. The van der Waals surface area contributed by atoms with Crippen molar-refractivity contribution in [3.05, 3.63) is 21.9 Å².